The summed E-state index contributed by atoms with van der Waals surface area (Å²) in [6.07, 6.45) is 0.631. The highest BCUT2D eigenvalue weighted by Gasteiger charge is 2.34. The number of nitrogens with one attached hydrogen (secondary N) is 1. The number of amides is 2. The minimum atomic E-state index is -0.943. The average molecular weight is 479 g/mol. The van der Waals surface area contributed by atoms with Crippen LogP contribution in [0.3, 0.4) is 0 Å². The standard InChI is InChI=1S/C22H20ClFN2O5S/c1-3-8-31-22(29)25-17-12-32-19-10-16(24)15(21(28)30-2)9-18(19)26(20(17)27)11-13-4-6-14(23)7-5-13/h3-7,9-10,17H,1,8,11-12H2,2H3,(H,25,29)/t17-/m0/s1. The Morgan fingerprint density at radius 1 is 1.34 bits per heavy atom. The normalized spacial score (nSPS) is 15.4. The van der Waals surface area contributed by atoms with Crippen molar-refractivity contribution in [3.63, 3.8) is 0 Å². The van der Waals surface area contributed by atoms with Crippen molar-refractivity contribution < 1.29 is 28.2 Å². The van der Waals surface area contributed by atoms with Gasteiger partial charge in [0.05, 0.1) is 24.9 Å². The monoisotopic (exact) mass is 478 g/mol. The molecular weight excluding hydrogens is 459 g/mol. The van der Waals surface area contributed by atoms with Gasteiger partial charge in [0, 0.05) is 15.7 Å². The molecule has 1 heterocycles. The first-order chi connectivity index (χ1) is 15.3. The number of ether oxygens (including phenoxy) is 2. The molecule has 32 heavy (non-hydrogen) atoms. The van der Waals surface area contributed by atoms with Crippen LogP contribution in [-0.4, -0.2) is 43.5 Å². The van der Waals surface area contributed by atoms with Crippen molar-refractivity contribution in [2.75, 3.05) is 24.4 Å². The summed E-state index contributed by atoms with van der Waals surface area (Å²) < 4.78 is 24.1. The molecular formula is C22H20ClFN2O5S. The fourth-order valence-corrected chi connectivity index (χ4v) is 4.25. The molecule has 0 saturated carbocycles. The number of halogens is 2. The lowest BCUT2D eigenvalue weighted by Gasteiger charge is -2.26. The SMILES string of the molecule is C=CCOC(=O)N[C@H]1CSc2cc(F)c(C(=O)OC)cc2N(Cc2ccc(Cl)cc2)C1=O. The van der Waals surface area contributed by atoms with Gasteiger partial charge in [-0.2, -0.15) is 0 Å². The first-order valence-corrected chi connectivity index (χ1v) is 10.8. The van der Waals surface area contributed by atoms with Crippen molar-refractivity contribution in [3.05, 3.63) is 71.0 Å². The maximum absolute atomic E-state index is 14.6. The van der Waals surface area contributed by atoms with Crippen LogP contribution in [0.15, 0.2) is 53.9 Å². The summed E-state index contributed by atoms with van der Waals surface area (Å²) in [7, 11) is 1.15. The van der Waals surface area contributed by atoms with Gasteiger partial charge in [-0.3, -0.25) is 4.79 Å². The van der Waals surface area contributed by atoms with Gasteiger partial charge in [-0.05, 0) is 29.8 Å². The third-order valence-corrected chi connectivity index (χ3v) is 5.98. The van der Waals surface area contributed by atoms with Crippen molar-refractivity contribution in [1.29, 1.82) is 0 Å². The summed E-state index contributed by atoms with van der Waals surface area (Å²) >= 11 is 7.14. The molecule has 1 aliphatic heterocycles. The Morgan fingerprint density at radius 2 is 2.06 bits per heavy atom. The van der Waals surface area contributed by atoms with E-state index in [1.807, 2.05) is 0 Å². The molecule has 10 heteroatoms. The number of hydrogen-bond donors (Lipinski definition) is 1. The van der Waals surface area contributed by atoms with Crippen molar-refractivity contribution >= 4 is 47.0 Å². The van der Waals surface area contributed by atoms with Crippen molar-refractivity contribution in [1.82, 2.24) is 5.32 Å². The molecule has 3 rings (SSSR count). The summed E-state index contributed by atoms with van der Waals surface area (Å²) in [5.74, 6) is -1.92. The molecule has 1 N–H and O–H groups in total. The van der Waals surface area contributed by atoms with E-state index in [9.17, 15) is 18.8 Å². The van der Waals surface area contributed by atoms with Gasteiger partial charge >= 0.3 is 12.1 Å². The number of rotatable bonds is 6. The molecule has 2 aromatic carbocycles. The van der Waals surface area contributed by atoms with Crippen LogP contribution in [0.1, 0.15) is 15.9 Å². The first-order valence-electron chi connectivity index (χ1n) is 9.48. The molecule has 0 radical (unpaired) electrons. The highest BCUT2D eigenvalue weighted by Crippen LogP contribution is 2.37. The summed E-state index contributed by atoms with van der Waals surface area (Å²) in [6.45, 7) is 3.57. The lowest BCUT2D eigenvalue weighted by molar-refractivity contribution is -0.120. The lowest BCUT2D eigenvalue weighted by atomic mass is 10.1. The van der Waals surface area contributed by atoms with Gasteiger partial charge in [-0.1, -0.05) is 36.4 Å². The topological polar surface area (TPSA) is 84.9 Å². The van der Waals surface area contributed by atoms with Crippen molar-refractivity contribution in [3.8, 4) is 0 Å². The number of benzene rings is 2. The van der Waals surface area contributed by atoms with Crippen molar-refractivity contribution in [2.24, 2.45) is 0 Å². The van der Waals surface area contributed by atoms with Gasteiger partial charge < -0.3 is 19.7 Å². The number of anilines is 1. The van der Waals surface area contributed by atoms with Gasteiger partial charge in [0.1, 0.15) is 18.5 Å². The number of carbonyl (C=O) groups is 3. The van der Waals surface area contributed by atoms with E-state index in [2.05, 4.69) is 16.6 Å². The maximum atomic E-state index is 14.6. The van der Waals surface area contributed by atoms with E-state index in [0.717, 1.165) is 12.7 Å². The lowest BCUT2D eigenvalue weighted by Crippen LogP contribution is -2.49. The van der Waals surface area contributed by atoms with Gasteiger partial charge in [0.25, 0.3) is 5.91 Å². The average Bonchev–Trinajstić information content (AvgIpc) is 2.90. The Kier molecular flexibility index (Phi) is 7.76. The smallest absolute Gasteiger partial charge is 0.408 e. The van der Waals surface area contributed by atoms with Crippen molar-refractivity contribution in [2.45, 2.75) is 17.5 Å². The summed E-state index contributed by atoms with van der Waals surface area (Å²) in [6, 6.07) is 8.39. The fourth-order valence-electron chi connectivity index (χ4n) is 3.05. The molecule has 0 fully saturated rings. The van der Waals surface area contributed by atoms with E-state index in [4.69, 9.17) is 16.3 Å². The van der Waals surface area contributed by atoms with E-state index < -0.39 is 29.8 Å². The molecule has 7 nitrogen and oxygen atoms in total. The highest BCUT2D eigenvalue weighted by atomic mass is 35.5. The minimum Gasteiger partial charge on any atom is -0.465 e. The molecule has 1 atom stereocenters. The minimum absolute atomic E-state index is 0.0116. The number of esters is 1. The third-order valence-electron chi connectivity index (χ3n) is 4.59. The predicted molar refractivity (Wildman–Crippen MR) is 120 cm³/mol. The Hall–Kier alpha value is -3.04. The number of thioether (sulfide) groups is 1. The number of alkyl carbamates (subject to hydrolysis) is 1. The van der Waals surface area contributed by atoms with Crippen LogP contribution in [0.5, 0.6) is 0 Å². The van der Waals surface area contributed by atoms with Crippen LogP contribution in [-0.2, 0) is 20.8 Å². The number of fused-ring (bicyclic) bond motifs is 1. The second-order valence-electron chi connectivity index (χ2n) is 6.74. The van der Waals surface area contributed by atoms with Gasteiger partial charge in [0.15, 0.2) is 0 Å². The van der Waals surface area contributed by atoms with E-state index in [0.29, 0.717) is 15.6 Å². The largest absolute Gasteiger partial charge is 0.465 e. The number of hydrogen-bond acceptors (Lipinski definition) is 6. The zero-order valence-corrected chi connectivity index (χ0v) is 18.7. The van der Waals surface area contributed by atoms with E-state index in [1.54, 1.807) is 24.3 Å². The molecule has 1 aliphatic rings. The van der Waals surface area contributed by atoms with Crippen LogP contribution in [0.2, 0.25) is 5.02 Å². The summed E-state index contributed by atoms with van der Waals surface area (Å²) in [5, 5.41) is 3.07. The highest BCUT2D eigenvalue weighted by molar-refractivity contribution is 7.99. The van der Waals surface area contributed by atoms with Crippen LogP contribution >= 0.6 is 23.4 Å². The second-order valence-corrected chi connectivity index (χ2v) is 8.24. The molecule has 0 saturated heterocycles. The van der Waals surface area contributed by atoms with E-state index in [-0.39, 0.29) is 24.5 Å². The Bertz CT molecular complexity index is 1050. The Morgan fingerprint density at radius 3 is 2.72 bits per heavy atom. The first kappa shape index (κ1) is 23.6. The molecule has 168 valence electrons. The van der Waals surface area contributed by atoms with Crippen LogP contribution in [0.4, 0.5) is 14.9 Å². The van der Waals surface area contributed by atoms with Crippen LogP contribution in [0.25, 0.3) is 0 Å². The molecule has 2 aromatic rings. The number of carbonyl (C=O) groups excluding carboxylic acids is 3. The zero-order valence-electron chi connectivity index (χ0n) is 17.1. The third kappa shape index (κ3) is 5.41. The van der Waals surface area contributed by atoms with Gasteiger partial charge in [-0.25, -0.2) is 14.0 Å². The number of nitrogens with zero attached hydrogens (tertiary/aromatic N) is 1. The quantitative estimate of drug-likeness (QED) is 0.495. The Labute approximate surface area is 193 Å². The summed E-state index contributed by atoms with van der Waals surface area (Å²) in [4.78, 5) is 39.3. The molecule has 0 spiro atoms. The van der Waals surface area contributed by atoms with Crippen LogP contribution < -0.4 is 10.2 Å². The van der Waals surface area contributed by atoms with E-state index in [1.165, 1.54) is 34.9 Å². The fraction of sp³-hybridized carbons (Fsp3) is 0.227. The van der Waals surface area contributed by atoms with E-state index >= 15 is 0 Å². The van der Waals surface area contributed by atoms with Gasteiger partial charge in [-0.15, -0.1) is 11.8 Å². The number of methoxy groups -OCH3 is 1. The maximum Gasteiger partial charge on any atom is 0.408 e. The molecule has 2 amide bonds. The molecule has 0 unspecified atom stereocenters. The zero-order chi connectivity index (χ0) is 23.3. The summed E-state index contributed by atoms with van der Waals surface area (Å²) in [5.41, 5.74) is 0.788. The van der Waals surface area contributed by atoms with Gasteiger partial charge in [0.2, 0.25) is 0 Å². The van der Waals surface area contributed by atoms with Crippen LogP contribution in [0, 0.1) is 5.82 Å². The second kappa shape index (κ2) is 10.5. The molecule has 0 aliphatic carbocycles. The Balaban J connectivity index is 2.01. The molecule has 0 bridgehead atoms. The molecule has 0 aromatic heterocycles. The predicted octanol–water partition coefficient (Wildman–Crippen LogP) is 4.19.